The summed E-state index contributed by atoms with van der Waals surface area (Å²) in [5.41, 5.74) is 6.19. The van der Waals surface area contributed by atoms with Crippen molar-refractivity contribution >= 4 is 17.3 Å². The van der Waals surface area contributed by atoms with Crippen LogP contribution in [-0.4, -0.2) is 22.1 Å². The maximum absolute atomic E-state index is 10.5. The average Bonchev–Trinajstić information content (AvgIpc) is 2.30. The van der Waals surface area contributed by atoms with Crippen LogP contribution in [-0.2, 0) is 11.2 Å². The Morgan fingerprint density at radius 2 is 2.31 bits per heavy atom. The number of rotatable bonds is 3. The number of carboxylic acid groups (broad SMARTS) is 1. The molecule has 72 valence electrons. The lowest BCUT2D eigenvalue weighted by atomic mass is 10.1. The summed E-state index contributed by atoms with van der Waals surface area (Å²) in [7, 11) is 0. The van der Waals surface area contributed by atoms with Crippen LogP contribution in [0.2, 0.25) is 0 Å². The van der Waals surface area contributed by atoms with Gasteiger partial charge < -0.3 is 10.8 Å². The number of aryl methyl sites for hydroxylation is 2. The fourth-order valence-electron chi connectivity index (χ4n) is 1.06. The Bertz CT molecular complexity index is 322. The minimum absolute atomic E-state index is 0.311. The van der Waals surface area contributed by atoms with Gasteiger partial charge in [-0.05, 0) is 13.8 Å². The number of thiazole rings is 1. The predicted octanol–water partition coefficient (Wildman–Crippen LogP) is 0.714. The third kappa shape index (κ3) is 2.50. The molecule has 0 aliphatic heterocycles. The molecule has 1 rings (SSSR count). The third-order valence-electron chi connectivity index (χ3n) is 1.73. The van der Waals surface area contributed by atoms with E-state index in [0.29, 0.717) is 6.42 Å². The van der Waals surface area contributed by atoms with Gasteiger partial charge in [-0.15, -0.1) is 11.3 Å². The van der Waals surface area contributed by atoms with Crippen molar-refractivity contribution in [3.8, 4) is 0 Å². The van der Waals surface area contributed by atoms with E-state index in [1.807, 2.05) is 13.8 Å². The molecule has 0 aromatic carbocycles. The highest BCUT2D eigenvalue weighted by Gasteiger charge is 2.15. The molecule has 1 unspecified atom stereocenters. The van der Waals surface area contributed by atoms with Crippen molar-refractivity contribution in [3.63, 3.8) is 0 Å². The van der Waals surface area contributed by atoms with Gasteiger partial charge in [0, 0.05) is 11.3 Å². The molecule has 5 heteroatoms. The quantitative estimate of drug-likeness (QED) is 0.753. The largest absolute Gasteiger partial charge is 0.480 e. The first-order valence-electron chi connectivity index (χ1n) is 3.92. The normalized spacial score (nSPS) is 12.8. The Hall–Kier alpha value is -0.940. The molecule has 0 amide bonds. The molecule has 1 heterocycles. The molecular weight excluding hydrogens is 188 g/mol. The molecule has 0 saturated carbocycles. The van der Waals surface area contributed by atoms with Crippen LogP contribution in [0.4, 0.5) is 0 Å². The minimum atomic E-state index is -0.981. The van der Waals surface area contributed by atoms with Crippen molar-refractivity contribution in [2.45, 2.75) is 26.3 Å². The Labute approximate surface area is 80.4 Å². The molecule has 3 N–H and O–H groups in total. The molecule has 1 atom stereocenters. The molecule has 0 saturated heterocycles. The highest BCUT2D eigenvalue weighted by atomic mass is 32.1. The van der Waals surface area contributed by atoms with Crippen LogP contribution in [0.25, 0.3) is 0 Å². The van der Waals surface area contributed by atoms with Gasteiger partial charge in [0.25, 0.3) is 0 Å². The summed E-state index contributed by atoms with van der Waals surface area (Å²) in [5.74, 6) is -0.981. The summed E-state index contributed by atoms with van der Waals surface area (Å²) < 4.78 is 0. The van der Waals surface area contributed by atoms with E-state index in [0.717, 1.165) is 15.6 Å². The number of carboxylic acids is 1. The summed E-state index contributed by atoms with van der Waals surface area (Å²) in [4.78, 5) is 15.7. The number of carbonyl (C=O) groups is 1. The van der Waals surface area contributed by atoms with Crippen LogP contribution in [0.3, 0.4) is 0 Å². The van der Waals surface area contributed by atoms with Gasteiger partial charge in [-0.1, -0.05) is 0 Å². The highest BCUT2D eigenvalue weighted by molar-refractivity contribution is 7.11. The van der Waals surface area contributed by atoms with E-state index in [2.05, 4.69) is 4.98 Å². The van der Waals surface area contributed by atoms with Crippen molar-refractivity contribution in [1.82, 2.24) is 4.98 Å². The topological polar surface area (TPSA) is 76.2 Å². The van der Waals surface area contributed by atoms with Crippen molar-refractivity contribution in [2.24, 2.45) is 5.73 Å². The van der Waals surface area contributed by atoms with Crippen LogP contribution in [0, 0.1) is 13.8 Å². The SMILES string of the molecule is Cc1nc(CC(N)C(=O)O)c(C)s1. The predicted molar refractivity (Wildman–Crippen MR) is 50.9 cm³/mol. The Morgan fingerprint density at radius 3 is 2.69 bits per heavy atom. The van der Waals surface area contributed by atoms with Gasteiger partial charge in [-0.3, -0.25) is 4.79 Å². The number of aliphatic carboxylic acids is 1. The van der Waals surface area contributed by atoms with Gasteiger partial charge in [-0.2, -0.15) is 0 Å². The Morgan fingerprint density at radius 1 is 1.69 bits per heavy atom. The van der Waals surface area contributed by atoms with Crippen molar-refractivity contribution in [2.75, 3.05) is 0 Å². The molecule has 1 aromatic heterocycles. The Kier molecular flexibility index (Phi) is 3.00. The van der Waals surface area contributed by atoms with Gasteiger partial charge in [0.05, 0.1) is 10.7 Å². The fourth-order valence-corrected chi connectivity index (χ4v) is 1.90. The van der Waals surface area contributed by atoms with E-state index >= 15 is 0 Å². The maximum atomic E-state index is 10.5. The standard InChI is InChI=1S/C8H12N2O2S/c1-4-7(10-5(2)13-4)3-6(9)8(11)12/h6H,3,9H2,1-2H3,(H,11,12). The molecule has 13 heavy (non-hydrogen) atoms. The molecule has 0 radical (unpaired) electrons. The van der Waals surface area contributed by atoms with E-state index in [1.54, 1.807) is 11.3 Å². The van der Waals surface area contributed by atoms with Crippen molar-refractivity contribution < 1.29 is 9.90 Å². The maximum Gasteiger partial charge on any atom is 0.320 e. The molecule has 0 fully saturated rings. The lowest BCUT2D eigenvalue weighted by molar-refractivity contribution is -0.138. The van der Waals surface area contributed by atoms with E-state index in [-0.39, 0.29) is 0 Å². The average molecular weight is 200 g/mol. The molecule has 0 spiro atoms. The van der Waals surface area contributed by atoms with Gasteiger partial charge in [-0.25, -0.2) is 4.98 Å². The number of aromatic nitrogens is 1. The third-order valence-corrected chi connectivity index (χ3v) is 2.66. The second-order valence-electron chi connectivity index (χ2n) is 2.88. The molecule has 0 bridgehead atoms. The summed E-state index contributed by atoms with van der Waals surface area (Å²) in [6.45, 7) is 3.82. The summed E-state index contributed by atoms with van der Waals surface area (Å²) >= 11 is 1.56. The zero-order valence-corrected chi connectivity index (χ0v) is 8.39. The summed E-state index contributed by atoms with van der Waals surface area (Å²) in [6.07, 6.45) is 0.311. The lowest BCUT2D eigenvalue weighted by Gasteiger charge is -2.03. The monoisotopic (exact) mass is 200 g/mol. The second-order valence-corrected chi connectivity index (χ2v) is 4.29. The molecular formula is C8H12N2O2S. The molecule has 0 aliphatic carbocycles. The molecule has 0 aliphatic rings. The molecule has 4 nitrogen and oxygen atoms in total. The van der Waals surface area contributed by atoms with Crippen LogP contribution < -0.4 is 5.73 Å². The zero-order chi connectivity index (χ0) is 10.0. The smallest absolute Gasteiger partial charge is 0.320 e. The second kappa shape index (κ2) is 3.85. The van der Waals surface area contributed by atoms with E-state index in [4.69, 9.17) is 10.8 Å². The first-order valence-corrected chi connectivity index (χ1v) is 4.73. The summed E-state index contributed by atoms with van der Waals surface area (Å²) in [6, 6.07) is -0.847. The molecule has 1 aromatic rings. The van der Waals surface area contributed by atoms with Crippen molar-refractivity contribution in [1.29, 1.82) is 0 Å². The van der Waals surface area contributed by atoms with Crippen LogP contribution in [0.1, 0.15) is 15.6 Å². The van der Waals surface area contributed by atoms with Gasteiger partial charge in [0.1, 0.15) is 6.04 Å². The van der Waals surface area contributed by atoms with E-state index in [1.165, 1.54) is 0 Å². The highest BCUT2D eigenvalue weighted by Crippen LogP contribution is 2.17. The first-order chi connectivity index (χ1) is 6.00. The number of nitrogens with zero attached hydrogens (tertiary/aromatic N) is 1. The number of hydrogen-bond acceptors (Lipinski definition) is 4. The van der Waals surface area contributed by atoms with Crippen LogP contribution >= 0.6 is 11.3 Å². The lowest BCUT2D eigenvalue weighted by Crippen LogP contribution is -2.32. The van der Waals surface area contributed by atoms with E-state index < -0.39 is 12.0 Å². The fraction of sp³-hybridized carbons (Fsp3) is 0.500. The van der Waals surface area contributed by atoms with Crippen molar-refractivity contribution in [3.05, 3.63) is 15.6 Å². The van der Waals surface area contributed by atoms with E-state index in [9.17, 15) is 4.79 Å². The first kappa shape index (κ1) is 10.1. The van der Waals surface area contributed by atoms with Gasteiger partial charge in [0.15, 0.2) is 0 Å². The number of hydrogen-bond donors (Lipinski definition) is 2. The number of nitrogens with two attached hydrogens (primary N) is 1. The Balaban J connectivity index is 2.74. The minimum Gasteiger partial charge on any atom is -0.480 e. The van der Waals surface area contributed by atoms with Gasteiger partial charge >= 0.3 is 5.97 Å². The van der Waals surface area contributed by atoms with Crippen LogP contribution in [0.5, 0.6) is 0 Å². The zero-order valence-electron chi connectivity index (χ0n) is 7.57. The van der Waals surface area contributed by atoms with Crippen LogP contribution in [0.15, 0.2) is 0 Å². The summed E-state index contributed by atoms with van der Waals surface area (Å²) in [5, 5.41) is 9.54. The van der Waals surface area contributed by atoms with Gasteiger partial charge in [0.2, 0.25) is 0 Å².